The molecule has 4 atom stereocenters. The average Bonchev–Trinajstić information content (AvgIpc) is 2.56. The van der Waals surface area contributed by atoms with Crippen LogP contribution < -0.4 is 16.9 Å². The van der Waals surface area contributed by atoms with E-state index in [0.717, 1.165) is 7.05 Å². The van der Waals surface area contributed by atoms with Crippen molar-refractivity contribution in [2.75, 3.05) is 13.7 Å². The maximum Gasteiger partial charge on any atom is 0.309 e. The maximum absolute atomic E-state index is 12.3. The number of hydrogen-bond acceptors (Lipinski definition) is 8. The molecule has 0 aromatic carbocycles. The summed E-state index contributed by atoms with van der Waals surface area (Å²) in [6, 6.07) is -1.27. The van der Waals surface area contributed by atoms with Crippen molar-refractivity contribution in [3.8, 4) is 0 Å². The van der Waals surface area contributed by atoms with E-state index in [2.05, 4.69) is 5.43 Å². The van der Waals surface area contributed by atoms with Gasteiger partial charge in [0.2, 0.25) is 11.8 Å². The quantitative estimate of drug-likeness (QED) is 0.195. The van der Waals surface area contributed by atoms with Crippen molar-refractivity contribution in [1.29, 1.82) is 0 Å². The summed E-state index contributed by atoms with van der Waals surface area (Å²) in [5, 5.41) is 28.0. The predicted molar refractivity (Wildman–Crippen MR) is 90.3 cm³/mol. The van der Waals surface area contributed by atoms with E-state index in [-0.39, 0.29) is 0 Å². The number of carbonyl (C=O) groups is 5. The second-order valence-electron chi connectivity index (χ2n) is 6.16. The minimum atomic E-state index is -1.38. The first-order chi connectivity index (χ1) is 12.4. The zero-order valence-electron chi connectivity index (χ0n) is 15.1. The van der Waals surface area contributed by atoms with Crippen LogP contribution >= 0.6 is 0 Å². The van der Waals surface area contributed by atoms with Crippen LogP contribution in [0.3, 0.4) is 0 Å². The molecule has 1 unspecified atom stereocenters. The number of ketones is 1. The highest BCUT2D eigenvalue weighted by Gasteiger charge is 2.30. The molecule has 12 nitrogen and oxygen atoms in total. The smallest absolute Gasteiger partial charge is 0.309 e. The van der Waals surface area contributed by atoms with E-state index in [4.69, 9.17) is 21.7 Å². The zero-order chi connectivity index (χ0) is 21.3. The molecular formula is C15H26N4O8. The van der Waals surface area contributed by atoms with Crippen molar-refractivity contribution in [1.82, 2.24) is 10.4 Å². The Balaban J connectivity index is 5.08. The molecule has 0 radical (unpaired) electrons. The van der Waals surface area contributed by atoms with Gasteiger partial charge in [-0.3, -0.25) is 34.4 Å². The van der Waals surface area contributed by atoms with Crippen molar-refractivity contribution < 1.29 is 39.3 Å². The van der Waals surface area contributed by atoms with Gasteiger partial charge >= 0.3 is 5.97 Å². The highest BCUT2D eigenvalue weighted by molar-refractivity contribution is 5.92. The lowest BCUT2D eigenvalue weighted by molar-refractivity contribution is -0.148. The number of rotatable bonds is 11. The van der Waals surface area contributed by atoms with E-state index >= 15 is 0 Å². The van der Waals surface area contributed by atoms with Crippen LogP contribution in [0.4, 0.5) is 0 Å². The lowest BCUT2D eigenvalue weighted by atomic mass is 9.90. The van der Waals surface area contributed by atoms with Gasteiger partial charge in [-0.25, -0.2) is 0 Å². The minimum Gasteiger partial charge on any atom is -0.481 e. The summed E-state index contributed by atoms with van der Waals surface area (Å²) in [5.74, 6) is -7.24. The molecule has 0 spiro atoms. The number of hydrazine groups is 1. The van der Waals surface area contributed by atoms with Gasteiger partial charge in [-0.15, -0.1) is 0 Å². The number of likely N-dealkylation sites (N-methyl/N-ethyl adjacent to an activating group) is 1. The normalized spacial score (nSPS) is 15.1. The molecular weight excluding hydrogens is 364 g/mol. The molecule has 0 heterocycles. The molecule has 0 aromatic rings. The molecule has 3 amide bonds. The fraction of sp³-hybridized carbons (Fsp3) is 0.667. The minimum absolute atomic E-state index is 0.515. The maximum atomic E-state index is 12.3. The summed E-state index contributed by atoms with van der Waals surface area (Å²) < 4.78 is 0. The summed E-state index contributed by atoms with van der Waals surface area (Å²) >= 11 is 0. The molecule has 0 aliphatic carbocycles. The summed E-state index contributed by atoms with van der Waals surface area (Å²) in [4.78, 5) is 58.3. The summed E-state index contributed by atoms with van der Waals surface area (Å²) in [7, 11) is 1.16. The second kappa shape index (κ2) is 11.2. The van der Waals surface area contributed by atoms with E-state index in [9.17, 15) is 29.1 Å². The van der Waals surface area contributed by atoms with Gasteiger partial charge < -0.3 is 26.8 Å². The highest BCUT2D eigenvalue weighted by Crippen LogP contribution is 2.16. The van der Waals surface area contributed by atoms with Gasteiger partial charge in [0.25, 0.3) is 5.91 Å². The molecule has 12 heteroatoms. The number of nitrogens with zero attached hydrogens (tertiary/aromatic N) is 1. The van der Waals surface area contributed by atoms with E-state index in [1.165, 1.54) is 6.92 Å². The third kappa shape index (κ3) is 8.57. The van der Waals surface area contributed by atoms with Crippen molar-refractivity contribution in [3.05, 3.63) is 0 Å². The van der Waals surface area contributed by atoms with Gasteiger partial charge in [-0.2, -0.15) is 0 Å². The number of aliphatic hydroxyl groups is 2. The Labute approximate surface area is 155 Å². The molecule has 8 N–H and O–H groups in total. The monoisotopic (exact) mass is 390 g/mol. The fourth-order valence-corrected chi connectivity index (χ4v) is 2.21. The number of carbonyl (C=O) groups excluding carboxylic acids is 4. The predicted octanol–water partition coefficient (Wildman–Crippen LogP) is -3.28. The van der Waals surface area contributed by atoms with Gasteiger partial charge in [0.1, 0.15) is 11.8 Å². The Kier molecular flexibility index (Phi) is 10.1. The van der Waals surface area contributed by atoms with E-state index < -0.39 is 79.3 Å². The first-order valence-corrected chi connectivity index (χ1v) is 8.06. The molecule has 0 aromatic heterocycles. The number of primary amides is 1. The summed E-state index contributed by atoms with van der Waals surface area (Å²) in [6.07, 6.45) is -2.87. The lowest BCUT2D eigenvalue weighted by Gasteiger charge is -2.24. The van der Waals surface area contributed by atoms with Crippen LogP contribution in [0, 0.1) is 11.8 Å². The van der Waals surface area contributed by atoms with E-state index in [0.29, 0.717) is 5.01 Å². The van der Waals surface area contributed by atoms with Crippen LogP contribution in [0.5, 0.6) is 0 Å². The SMILES string of the molecule is CC(O)[C@H](CC(=O)C[C@@H](CC(N)=O)C(=O)NN(C)C(=O)[C@@H](N)CO)C(=O)O. The van der Waals surface area contributed by atoms with Crippen LogP contribution in [0.15, 0.2) is 0 Å². The molecule has 0 rings (SSSR count). The van der Waals surface area contributed by atoms with Gasteiger partial charge in [-0.05, 0) is 6.92 Å². The topological polar surface area (TPSA) is 213 Å². The zero-order valence-corrected chi connectivity index (χ0v) is 15.1. The fourth-order valence-electron chi connectivity index (χ4n) is 2.21. The first kappa shape index (κ1) is 24.4. The number of nitrogens with two attached hydrogens (primary N) is 2. The van der Waals surface area contributed by atoms with Crippen LogP contribution in [0.1, 0.15) is 26.2 Å². The van der Waals surface area contributed by atoms with E-state index in [1.807, 2.05) is 0 Å². The second-order valence-corrected chi connectivity index (χ2v) is 6.16. The number of carboxylic acid groups (broad SMARTS) is 1. The van der Waals surface area contributed by atoms with Gasteiger partial charge in [-0.1, -0.05) is 0 Å². The van der Waals surface area contributed by atoms with Crippen molar-refractivity contribution in [2.24, 2.45) is 23.3 Å². The molecule has 0 aliphatic heterocycles. The molecule has 0 saturated heterocycles. The Morgan fingerprint density at radius 2 is 1.67 bits per heavy atom. The van der Waals surface area contributed by atoms with Crippen molar-refractivity contribution in [2.45, 2.75) is 38.3 Å². The number of Topliss-reactive ketones (excluding diaryl/α,β-unsaturated/α-hetero) is 1. The first-order valence-electron chi connectivity index (χ1n) is 8.06. The molecule has 0 saturated carbocycles. The molecule has 154 valence electrons. The summed E-state index contributed by atoms with van der Waals surface area (Å²) in [6.45, 7) is 0.558. The molecule has 0 aliphatic rings. The Morgan fingerprint density at radius 1 is 1.11 bits per heavy atom. The molecule has 0 fully saturated rings. The molecule has 0 bridgehead atoms. The Hall–Kier alpha value is -2.57. The standard InChI is InChI=1S/C15H26N4O8/c1-7(21)10(15(26)27)5-9(22)3-8(4-12(17)23)13(24)18-19(2)14(25)11(16)6-20/h7-8,10-11,20-21H,3-6,16H2,1-2H3,(H2,17,23)(H,18,24)(H,26,27)/t7?,8-,10-,11-/m0/s1. The van der Waals surface area contributed by atoms with Crippen LogP contribution in [0.2, 0.25) is 0 Å². The van der Waals surface area contributed by atoms with Crippen LogP contribution in [-0.4, -0.2) is 75.6 Å². The number of nitrogens with one attached hydrogen (secondary N) is 1. The van der Waals surface area contributed by atoms with Gasteiger partial charge in [0.15, 0.2) is 0 Å². The van der Waals surface area contributed by atoms with E-state index in [1.54, 1.807) is 0 Å². The number of hydrogen-bond donors (Lipinski definition) is 6. The third-order valence-electron chi connectivity index (χ3n) is 3.76. The van der Waals surface area contributed by atoms with Crippen molar-refractivity contribution in [3.63, 3.8) is 0 Å². The highest BCUT2D eigenvalue weighted by atomic mass is 16.4. The Bertz CT molecular complexity index is 580. The van der Waals surface area contributed by atoms with Gasteiger partial charge in [0.05, 0.1) is 24.5 Å². The Morgan fingerprint density at radius 3 is 2.07 bits per heavy atom. The lowest BCUT2D eigenvalue weighted by Crippen LogP contribution is -2.53. The third-order valence-corrected chi connectivity index (χ3v) is 3.76. The summed E-state index contributed by atoms with van der Waals surface area (Å²) in [5.41, 5.74) is 12.5. The molecule has 27 heavy (non-hydrogen) atoms. The number of carboxylic acids is 1. The number of amides is 3. The average molecular weight is 390 g/mol. The number of aliphatic hydroxyl groups excluding tert-OH is 2. The van der Waals surface area contributed by atoms with Crippen LogP contribution in [0.25, 0.3) is 0 Å². The largest absolute Gasteiger partial charge is 0.481 e. The van der Waals surface area contributed by atoms with Crippen LogP contribution in [-0.2, 0) is 24.0 Å². The van der Waals surface area contributed by atoms with Crippen molar-refractivity contribution >= 4 is 29.5 Å². The number of aliphatic carboxylic acids is 1. The van der Waals surface area contributed by atoms with Gasteiger partial charge in [0, 0.05) is 26.3 Å².